The first kappa shape index (κ1) is 14.3. The van der Waals surface area contributed by atoms with Crippen molar-refractivity contribution in [1.82, 2.24) is 4.90 Å². The van der Waals surface area contributed by atoms with E-state index in [2.05, 4.69) is 63.0 Å². The molecule has 0 aliphatic carbocycles. The van der Waals surface area contributed by atoms with Gasteiger partial charge in [0.15, 0.2) is 5.17 Å². The Kier molecular flexibility index (Phi) is 4.26. The zero-order valence-corrected chi connectivity index (χ0v) is 14.2. The van der Waals surface area contributed by atoms with Gasteiger partial charge in [0.25, 0.3) is 0 Å². The number of thioether (sulfide) groups is 1. The van der Waals surface area contributed by atoms with Gasteiger partial charge in [-0.05, 0) is 19.1 Å². The van der Waals surface area contributed by atoms with E-state index in [9.17, 15) is 0 Å². The van der Waals surface area contributed by atoms with Crippen LogP contribution in [-0.4, -0.2) is 52.9 Å². The molecule has 0 unspecified atom stereocenters. The maximum atomic E-state index is 4.74. The Morgan fingerprint density at radius 1 is 1.15 bits per heavy atom. The molecule has 1 saturated heterocycles. The fourth-order valence-electron chi connectivity index (χ4n) is 2.55. The lowest BCUT2D eigenvalue weighted by atomic mass is 10.2. The van der Waals surface area contributed by atoms with Crippen LogP contribution in [0.5, 0.6) is 0 Å². The van der Waals surface area contributed by atoms with Gasteiger partial charge < -0.3 is 9.80 Å². The van der Waals surface area contributed by atoms with E-state index in [1.54, 1.807) is 0 Å². The van der Waals surface area contributed by atoms with Gasteiger partial charge in [0, 0.05) is 37.2 Å². The predicted molar refractivity (Wildman–Crippen MR) is 92.3 cm³/mol. The molecule has 1 atom stereocenters. The maximum Gasteiger partial charge on any atom is 0.159 e. The third-order valence-corrected chi connectivity index (χ3v) is 6.79. The molecule has 20 heavy (non-hydrogen) atoms. The number of aliphatic imine (C=N–C) groups is 1. The molecule has 0 bridgehead atoms. The second-order valence-corrected chi connectivity index (χ2v) is 7.71. The highest BCUT2D eigenvalue weighted by atomic mass is 79.9. The van der Waals surface area contributed by atoms with Crippen LogP contribution >= 0.6 is 27.7 Å². The van der Waals surface area contributed by atoms with Crippen molar-refractivity contribution in [1.29, 1.82) is 0 Å². The molecule has 2 heterocycles. The molecular weight excluding hydrogens is 334 g/mol. The maximum absolute atomic E-state index is 4.74. The van der Waals surface area contributed by atoms with Gasteiger partial charge in [0.1, 0.15) is 0 Å². The average Bonchev–Trinajstić information content (AvgIpc) is 2.92. The van der Waals surface area contributed by atoms with E-state index in [0.717, 1.165) is 38.1 Å². The quantitative estimate of drug-likeness (QED) is 0.761. The SMILES string of the molecule is C[C@]1(CBr)CN=C(N2CCN(c3ccccc3)CC2)S1. The Morgan fingerprint density at radius 2 is 1.80 bits per heavy atom. The summed E-state index contributed by atoms with van der Waals surface area (Å²) in [4.78, 5) is 9.64. The van der Waals surface area contributed by atoms with Gasteiger partial charge in [0.05, 0.1) is 11.3 Å². The van der Waals surface area contributed by atoms with Crippen molar-refractivity contribution >= 4 is 38.5 Å². The molecule has 1 fully saturated rings. The lowest BCUT2D eigenvalue weighted by Crippen LogP contribution is -2.48. The number of nitrogens with zero attached hydrogens (tertiary/aromatic N) is 3. The highest BCUT2D eigenvalue weighted by molar-refractivity contribution is 9.09. The van der Waals surface area contributed by atoms with Crippen LogP contribution in [0.2, 0.25) is 0 Å². The number of halogens is 1. The molecule has 1 aromatic carbocycles. The molecule has 0 spiro atoms. The molecule has 108 valence electrons. The Hall–Kier alpha value is -0.680. The van der Waals surface area contributed by atoms with Crippen LogP contribution < -0.4 is 4.90 Å². The zero-order valence-electron chi connectivity index (χ0n) is 11.8. The van der Waals surface area contributed by atoms with E-state index in [1.165, 1.54) is 10.9 Å². The van der Waals surface area contributed by atoms with Crippen LogP contribution in [0.4, 0.5) is 5.69 Å². The minimum absolute atomic E-state index is 0.242. The van der Waals surface area contributed by atoms with Gasteiger partial charge >= 0.3 is 0 Å². The molecule has 5 heteroatoms. The largest absolute Gasteiger partial charge is 0.368 e. The summed E-state index contributed by atoms with van der Waals surface area (Å²) in [6.07, 6.45) is 0. The van der Waals surface area contributed by atoms with Crippen LogP contribution in [0.25, 0.3) is 0 Å². The van der Waals surface area contributed by atoms with E-state index >= 15 is 0 Å². The summed E-state index contributed by atoms with van der Waals surface area (Å²) in [6.45, 7) is 7.50. The van der Waals surface area contributed by atoms with Crippen molar-refractivity contribution in [3.63, 3.8) is 0 Å². The summed E-state index contributed by atoms with van der Waals surface area (Å²) >= 11 is 5.53. The molecule has 0 radical (unpaired) electrons. The van der Waals surface area contributed by atoms with Gasteiger partial charge in [-0.2, -0.15) is 0 Å². The number of para-hydroxylation sites is 1. The number of hydrogen-bond donors (Lipinski definition) is 0. The second kappa shape index (κ2) is 5.98. The standard InChI is InChI=1S/C15H20BrN3S/c1-15(11-16)12-17-14(20-15)19-9-7-18(8-10-19)13-5-3-2-4-6-13/h2-6H,7-12H2,1H3/t15-/m0/s1. The van der Waals surface area contributed by atoms with E-state index in [-0.39, 0.29) is 4.75 Å². The summed E-state index contributed by atoms with van der Waals surface area (Å²) in [5, 5.41) is 2.24. The summed E-state index contributed by atoms with van der Waals surface area (Å²) in [6, 6.07) is 10.7. The lowest BCUT2D eigenvalue weighted by Gasteiger charge is -2.37. The number of anilines is 1. The summed E-state index contributed by atoms with van der Waals surface area (Å²) in [7, 11) is 0. The van der Waals surface area contributed by atoms with Crippen LogP contribution in [0, 0.1) is 0 Å². The van der Waals surface area contributed by atoms with E-state index in [4.69, 9.17) is 4.99 Å². The number of amidine groups is 1. The molecule has 3 rings (SSSR count). The second-order valence-electron chi connectivity index (χ2n) is 5.59. The van der Waals surface area contributed by atoms with E-state index < -0.39 is 0 Å². The highest BCUT2D eigenvalue weighted by Gasteiger charge is 2.34. The van der Waals surface area contributed by atoms with Gasteiger partial charge in [-0.15, -0.1) is 0 Å². The van der Waals surface area contributed by atoms with Crippen LogP contribution in [0.15, 0.2) is 35.3 Å². The molecule has 2 aliphatic heterocycles. The third kappa shape index (κ3) is 2.98. The average molecular weight is 354 g/mol. The normalized spacial score (nSPS) is 26.8. The molecule has 1 aromatic rings. The van der Waals surface area contributed by atoms with Crippen LogP contribution in [-0.2, 0) is 0 Å². The number of alkyl halides is 1. The fraction of sp³-hybridized carbons (Fsp3) is 0.533. The van der Waals surface area contributed by atoms with Gasteiger partial charge in [-0.25, -0.2) is 0 Å². The molecule has 0 saturated carbocycles. The van der Waals surface area contributed by atoms with Gasteiger partial charge in [0.2, 0.25) is 0 Å². The summed E-state index contributed by atoms with van der Waals surface area (Å²) < 4.78 is 0.242. The Balaban J connectivity index is 1.57. The Bertz CT molecular complexity index is 485. The third-order valence-electron chi connectivity index (χ3n) is 3.84. The Morgan fingerprint density at radius 3 is 2.40 bits per heavy atom. The zero-order chi connectivity index (χ0) is 14.0. The molecule has 2 aliphatic rings. The van der Waals surface area contributed by atoms with Crippen molar-refractivity contribution < 1.29 is 0 Å². The topological polar surface area (TPSA) is 18.8 Å². The number of rotatable bonds is 2. The smallest absolute Gasteiger partial charge is 0.159 e. The molecule has 0 aromatic heterocycles. The molecule has 0 N–H and O–H groups in total. The van der Waals surface area contributed by atoms with Crippen molar-refractivity contribution in [3.05, 3.63) is 30.3 Å². The van der Waals surface area contributed by atoms with Gasteiger partial charge in [-0.3, -0.25) is 4.99 Å². The Labute approximate surface area is 133 Å². The van der Waals surface area contributed by atoms with Crippen molar-refractivity contribution in [3.8, 4) is 0 Å². The number of hydrogen-bond acceptors (Lipinski definition) is 4. The van der Waals surface area contributed by atoms with E-state index in [1.807, 2.05) is 11.8 Å². The van der Waals surface area contributed by atoms with Crippen molar-refractivity contribution in [2.75, 3.05) is 43.0 Å². The predicted octanol–water partition coefficient (Wildman–Crippen LogP) is 3.07. The molecule has 3 nitrogen and oxygen atoms in total. The first-order chi connectivity index (χ1) is 9.70. The minimum Gasteiger partial charge on any atom is -0.368 e. The number of piperazine rings is 1. The summed E-state index contributed by atoms with van der Waals surface area (Å²) in [5.41, 5.74) is 1.33. The van der Waals surface area contributed by atoms with E-state index in [0.29, 0.717) is 0 Å². The molecule has 0 amide bonds. The number of benzene rings is 1. The fourth-order valence-corrected chi connectivity index (χ4v) is 4.13. The minimum atomic E-state index is 0.242. The van der Waals surface area contributed by atoms with Gasteiger partial charge in [-0.1, -0.05) is 45.9 Å². The molecular formula is C15H20BrN3S. The van der Waals surface area contributed by atoms with Crippen LogP contribution in [0.3, 0.4) is 0 Å². The van der Waals surface area contributed by atoms with Crippen molar-refractivity contribution in [2.24, 2.45) is 4.99 Å². The van der Waals surface area contributed by atoms with Crippen LogP contribution in [0.1, 0.15) is 6.92 Å². The monoisotopic (exact) mass is 353 g/mol. The first-order valence-electron chi connectivity index (χ1n) is 7.05. The first-order valence-corrected chi connectivity index (χ1v) is 8.98. The lowest BCUT2D eigenvalue weighted by molar-refractivity contribution is 0.392. The summed E-state index contributed by atoms with van der Waals surface area (Å²) in [5.74, 6) is 0. The van der Waals surface area contributed by atoms with Crippen molar-refractivity contribution in [2.45, 2.75) is 11.7 Å². The highest BCUT2D eigenvalue weighted by Crippen LogP contribution is 2.35.